The predicted octanol–water partition coefficient (Wildman–Crippen LogP) is 1.09. The number of aryl methyl sites for hydroxylation is 2. The Morgan fingerprint density at radius 3 is 3.15 bits per heavy atom. The summed E-state index contributed by atoms with van der Waals surface area (Å²) in [5.41, 5.74) is 3.07. The summed E-state index contributed by atoms with van der Waals surface area (Å²) in [6, 6.07) is 2.10. The van der Waals surface area contributed by atoms with E-state index in [-0.39, 0.29) is 5.69 Å². The van der Waals surface area contributed by atoms with Crippen LogP contribution in [0.1, 0.15) is 33.7 Å². The Balaban J connectivity index is 1.88. The molecule has 2 aromatic heterocycles. The maximum absolute atomic E-state index is 10.8. The molecule has 20 heavy (non-hydrogen) atoms. The lowest BCUT2D eigenvalue weighted by Crippen LogP contribution is -2.16. The Labute approximate surface area is 115 Å². The molecule has 104 valence electrons. The first kappa shape index (κ1) is 12.6. The summed E-state index contributed by atoms with van der Waals surface area (Å²) in [6.07, 6.45) is 3.36. The minimum absolute atomic E-state index is 0.0461. The molecule has 1 aliphatic heterocycles. The molecule has 0 atom stereocenters. The summed E-state index contributed by atoms with van der Waals surface area (Å²) < 4.78 is 0. The van der Waals surface area contributed by atoms with E-state index in [0.29, 0.717) is 6.54 Å². The van der Waals surface area contributed by atoms with E-state index in [9.17, 15) is 4.79 Å². The lowest BCUT2D eigenvalue weighted by Gasteiger charge is -2.19. The molecule has 0 saturated carbocycles. The molecule has 1 aliphatic rings. The second-order valence-electron chi connectivity index (χ2n) is 4.84. The molecule has 2 N–H and O–H groups in total. The largest absolute Gasteiger partial charge is 0.476 e. The average molecular weight is 273 g/mol. The molecule has 0 radical (unpaired) electrons. The SMILES string of the molecule is Cc1nc2c(cc1Cn1ncc(C(=O)O)n1)CCCN2. The fraction of sp³-hybridized carbons (Fsp3) is 0.385. The van der Waals surface area contributed by atoms with Crippen molar-refractivity contribution in [3.63, 3.8) is 0 Å². The predicted molar refractivity (Wildman–Crippen MR) is 71.9 cm³/mol. The fourth-order valence-electron chi connectivity index (χ4n) is 2.31. The number of carboxylic acids is 1. The molecule has 2 aromatic rings. The first-order valence-corrected chi connectivity index (χ1v) is 6.50. The van der Waals surface area contributed by atoms with Gasteiger partial charge in [0.25, 0.3) is 0 Å². The number of carbonyl (C=O) groups is 1. The van der Waals surface area contributed by atoms with Crippen LogP contribution in [0.5, 0.6) is 0 Å². The summed E-state index contributed by atoms with van der Waals surface area (Å²) in [4.78, 5) is 16.7. The van der Waals surface area contributed by atoms with Crippen molar-refractivity contribution >= 4 is 11.8 Å². The van der Waals surface area contributed by atoms with E-state index >= 15 is 0 Å². The molecular formula is C13H15N5O2. The van der Waals surface area contributed by atoms with E-state index in [1.807, 2.05) is 6.92 Å². The Morgan fingerprint density at radius 2 is 2.40 bits per heavy atom. The number of nitrogens with zero attached hydrogens (tertiary/aromatic N) is 4. The molecule has 7 heteroatoms. The number of rotatable bonds is 3. The molecule has 7 nitrogen and oxygen atoms in total. The zero-order valence-corrected chi connectivity index (χ0v) is 11.1. The van der Waals surface area contributed by atoms with Gasteiger partial charge in [-0.05, 0) is 37.0 Å². The van der Waals surface area contributed by atoms with Crippen LogP contribution >= 0.6 is 0 Å². The van der Waals surface area contributed by atoms with E-state index in [2.05, 4.69) is 26.6 Å². The normalized spacial score (nSPS) is 13.7. The number of anilines is 1. The minimum atomic E-state index is -1.07. The number of carboxylic acid groups (broad SMARTS) is 1. The Morgan fingerprint density at radius 1 is 1.55 bits per heavy atom. The molecule has 0 bridgehead atoms. The molecule has 0 fully saturated rings. The Bertz CT molecular complexity index is 665. The molecule has 0 aromatic carbocycles. The topological polar surface area (TPSA) is 92.9 Å². The van der Waals surface area contributed by atoms with Crippen molar-refractivity contribution in [2.75, 3.05) is 11.9 Å². The molecule has 3 heterocycles. The van der Waals surface area contributed by atoms with Gasteiger partial charge >= 0.3 is 5.97 Å². The first-order valence-electron chi connectivity index (χ1n) is 6.50. The lowest BCUT2D eigenvalue weighted by atomic mass is 10.0. The molecule has 0 unspecified atom stereocenters. The van der Waals surface area contributed by atoms with Gasteiger partial charge in [-0.2, -0.15) is 9.90 Å². The quantitative estimate of drug-likeness (QED) is 0.869. The Hall–Kier alpha value is -2.44. The van der Waals surface area contributed by atoms with Gasteiger partial charge in [0, 0.05) is 12.2 Å². The number of nitrogens with one attached hydrogen (secondary N) is 1. The van der Waals surface area contributed by atoms with Crippen LogP contribution in [-0.2, 0) is 13.0 Å². The van der Waals surface area contributed by atoms with Gasteiger partial charge in [-0.1, -0.05) is 0 Å². The first-order chi connectivity index (χ1) is 9.63. The number of aromatic nitrogens is 4. The maximum Gasteiger partial charge on any atom is 0.358 e. The number of pyridine rings is 1. The van der Waals surface area contributed by atoms with Crippen LogP contribution in [0.25, 0.3) is 0 Å². The summed E-state index contributed by atoms with van der Waals surface area (Å²) >= 11 is 0. The molecular weight excluding hydrogens is 258 g/mol. The minimum Gasteiger partial charge on any atom is -0.476 e. The van der Waals surface area contributed by atoms with Gasteiger partial charge in [-0.3, -0.25) is 0 Å². The zero-order valence-electron chi connectivity index (χ0n) is 11.1. The van der Waals surface area contributed by atoms with Crippen LogP contribution in [0.15, 0.2) is 12.3 Å². The van der Waals surface area contributed by atoms with Crippen molar-refractivity contribution in [3.8, 4) is 0 Å². The van der Waals surface area contributed by atoms with E-state index < -0.39 is 5.97 Å². The van der Waals surface area contributed by atoms with Gasteiger partial charge in [0.05, 0.1) is 12.7 Å². The second-order valence-corrected chi connectivity index (χ2v) is 4.84. The van der Waals surface area contributed by atoms with Gasteiger partial charge in [0.15, 0.2) is 5.69 Å². The van der Waals surface area contributed by atoms with E-state index in [1.54, 1.807) is 0 Å². The molecule has 3 rings (SSSR count). The maximum atomic E-state index is 10.8. The van der Waals surface area contributed by atoms with E-state index in [0.717, 1.165) is 36.5 Å². The van der Waals surface area contributed by atoms with Crippen molar-refractivity contribution in [3.05, 3.63) is 34.8 Å². The number of fused-ring (bicyclic) bond motifs is 1. The van der Waals surface area contributed by atoms with E-state index in [4.69, 9.17) is 5.11 Å². The van der Waals surface area contributed by atoms with Crippen molar-refractivity contribution in [2.24, 2.45) is 0 Å². The van der Waals surface area contributed by atoms with Crippen molar-refractivity contribution in [1.29, 1.82) is 0 Å². The summed E-state index contributed by atoms with van der Waals surface area (Å²) in [7, 11) is 0. The molecule has 0 amide bonds. The number of aromatic carboxylic acids is 1. The standard InChI is InChI=1S/C13H15N5O2/c1-8-10(5-9-3-2-4-14-12(9)16-8)7-18-15-6-11(17-18)13(19)20/h5-6H,2-4,7H2,1H3,(H,14,16)(H,19,20). The second kappa shape index (κ2) is 4.92. The number of hydrogen-bond acceptors (Lipinski definition) is 5. The summed E-state index contributed by atoms with van der Waals surface area (Å²) in [5, 5.41) is 20.0. The monoisotopic (exact) mass is 273 g/mol. The van der Waals surface area contributed by atoms with Gasteiger partial charge in [-0.15, -0.1) is 5.10 Å². The zero-order chi connectivity index (χ0) is 14.1. The third kappa shape index (κ3) is 2.34. The van der Waals surface area contributed by atoms with Gasteiger partial charge < -0.3 is 10.4 Å². The fourth-order valence-corrected chi connectivity index (χ4v) is 2.31. The van der Waals surface area contributed by atoms with Gasteiger partial charge in [0.1, 0.15) is 5.82 Å². The molecule has 0 saturated heterocycles. The average Bonchev–Trinajstić information content (AvgIpc) is 2.88. The summed E-state index contributed by atoms with van der Waals surface area (Å²) in [6.45, 7) is 3.33. The van der Waals surface area contributed by atoms with Gasteiger partial charge in [0.2, 0.25) is 0 Å². The third-order valence-electron chi connectivity index (χ3n) is 3.38. The van der Waals surface area contributed by atoms with Crippen LogP contribution < -0.4 is 5.32 Å². The highest BCUT2D eigenvalue weighted by Gasteiger charge is 2.14. The molecule has 0 spiro atoms. The van der Waals surface area contributed by atoms with Crippen LogP contribution in [-0.4, -0.2) is 37.6 Å². The van der Waals surface area contributed by atoms with Crippen LogP contribution in [0.2, 0.25) is 0 Å². The smallest absolute Gasteiger partial charge is 0.358 e. The summed E-state index contributed by atoms with van der Waals surface area (Å²) in [5.74, 6) is -0.113. The van der Waals surface area contributed by atoms with E-state index in [1.165, 1.54) is 16.6 Å². The highest BCUT2D eigenvalue weighted by molar-refractivity contribution is 5.84. The van der Waals surface area contributed by atoms with Crippen molar-refractivity contribution < 1.29 is 9.90 Å². The lowest BCUT2D eigenvalue weighted by molar-refractivity contribution is 0.0689. The van der Waals surface area contributed by atoms with Crippen LogP contribution in [0.4, 0.5) is 5.82 Å². The Kier molecular flexibility index (Phi) is 3.09. The van der Waals surface area contributed by atoms with Crippen molar-refractivity contribution in [1.82, 2.24) is 20.0 Å². The molecule has 0 aliphatic carbocycles. The van der Waals surface area contributed by atoms with Crippen LogP contribution in [0.3, 0.4) is 0 Å². The van der Waals surface area contributed by atoms with Crippen LogP contribution in [0, 0.1) is 6.92 Å². The number of hydrogen-bond donors (Lipinski definition) is 2. The third-order valence-corrected chi connectivity index (χ3v) is 3.38. The highest BCUT2D eigenvalue weighted by atomic mass is 16.4. The highest BCUT2D eigenvalue weighted by Crippen LogP contribution is 2.22. The van der Waals surface area contributed by atoms with Gasteiger partial charge in [-0.25, -0.2) is 9.78 Å². The van der Waals surface area contributed by atoms with Crippen molar-refractivity contribution in [2.45, 2.75) is 26.3 Å².